The second kappa shape index (κ2) is 7.01. The maximum absolute atomic E-state index is 4.58. The summed E-state index contributed by atoms with van der Waals surface area (Å²) >= 11 is 1.75. The molecule has 2 rings (SSSR count). The molecule has 4 unspecified atom stereocenters. The van der Waals surface area contributed by atoms with Crippen LogP contribution in [-0.4, -0.2) is 36.6 Å². The fourth-order valence-electron chi connectivity index (χ4n) is 3.73. The number of rotatable bonds is 5. The molecule has 3 nitrogen and oxygen atoms in total. The van der Waals surface area contributed by atoms with E-state index in [1.807, 2.05) is 0 Å². The van der Waals surface area contributed by atoms with Crippen molar-refractivity contribution in [3.05, 3.63) is 16.1 Å². The third kappa shape index (κ3) is 4.03. The van der Waals surface area contributed by atoms with E-state index in [2.05, 4.69) is 55.4 Å². The van der Waals surface area contributed by atoms with Crippen molar-refractivity contribution >= 4 is 11.3 Å². The lowest BCUT2D eigenvalue weighted by molar-refractivity contribution is 0.112. The van der Waals surface area contributed by atoms with Crippen LogP contribution in [0.1, 0.15) is 37.4 Å². The van der Waals surface area contributed by atoms with E-state index in [1.54, 1.807) is 11.3 Å². The Kier molecular flexibility index (Phi) is 5.58. The highest BCUT2D eigenvalue weighted by Crippen LogP contribution is 2.34. The molecule has 20 heavy (non-hydrogen) atoms. The molecule has 1 saturated carbocycles. The summed E-state index contributed by atoms with van der Waals surface area (Å²) in [5, 5.41) is 6.90. The molecule has 1 heterocycles. The van der Waals surface area contributed by atoms with Gasteiger partial charge < -0.3 is 10.2 Å². The minimum atomic E-state index is 0.661. The molecule has 4 heteroatoms. The molecule has 0 spiro atoms. The predicted octanol–water partition coefficient (Wildman–Crippen LogP) is 3.15. The van der Waals surface area contributed by atoms with Gasteiger partial charge in [-0.15, -0.1) is 11.3 Å². The molecule has 0 saturated heterocycles. The van der Waals surface area contributed by atoms with E-state index >= 15 is 0 Å². The summed E-state index contributed by atoms with van der Waals surface area (Å²) in [6, 6.07) is 0.661. The standard InChI is InChI=1S/C16H29N3S/c1-11-6-12(2)15(16(7-11)17-4)9-19(5)8-14-10-20-13(3)18-14/h10-12,15-17H,6-9H2,1-5H3. The van der Waals surface area contributed by atoms with Gasteiger partial charge in [0.05, 0.1) is 10.7 Å². The van der Waals surface area contributed by atoms with Crippen molar-refractivity contribution in [2.45, 2.75) is 46.2 Å². The molecule has 1 aliphatic rings. The highest BCUT2D eigenvalue weighted by molar-refractivity contribution is 7.09. The molecule has 1 aromatic heterocycles. The van der Waals surface area contributed by atoms with E-state index in [0.29, 0.717) is 6.04 Å². The van der Waals surface area contributed by atoms with E-state index in [-0.39, 0.29) is 0 Å². The van der Waals surface area contributed by atoms with E-state index in [0.717, 1.165) is 30.8 Å². The summed E-state index contributed by atoms with van der Waals surface area (Å²) < 4.78 is 0. The van der Waals surface area contributed by atoms with Crippen LogP contribution < -0.4 is 5.32 Å². The molecule has 1 aliphatic carbocycles. The summed E-state index contributed by atoms with van der Waals surface area (Å²) in [5.74, 6) is 2.40. The molecule has 1 aromatic rings. The van der Waals surface area contributed by atoms with Crippen molar-refractivity contribution in [2.24, 2.45) is 17.8 Å². The van der Waals surface area contributed by atoms with Crippen molar-refractivity contribution in [1.29, 1.82) is 0 Å². The van der Waals surface area contributed by atoms with Gasteiger partial charge in [0, 0.05) is 24.5 Å². The molecule has 0 radical (unpaired) electrons. The SMILES string of the molecule is CNC1CC(C)CC(C)C1CN(C)Cc1csc(C)n1. The minimum absolute atomic E-state index is 0.661. The highest BCUT2D eigenvalue weighted by Gasteiger charge is 2.33. The lowest BCUT2D eigenvalue weighted by atomic mass is 9.72. The number of aryl methyl sites for hydroxylation is 1. The van der Waals surface area contributed by atoms with E-state index in [1.165, 1.54) is 23.5 Å². The van der Waals surface area contributed by atoms with Gasteiger partial charge in [-0.1, -0.05) is 13.8 Å². The zero-order valence-electron chi connectivity index (χ0n) is 13.5. The average Bonchev–Trinajstić information content (AvgIpc) is 2.77. The first-order valence-electron chi connectivity index (χ1n) is 7.76. The Labute approximate surface area is 127 Å². The molecular formula is C16H29N3S. The second-order valence-corrected chi connectivity index (χ2v) is 7.73. The zero-order chi connectivity index (χ0) is 14.7. The number of nitrogens with zero attached hydrogens (tertiary/aromatic N) is 2. The van der Waals surface area contributed by atoms with Crippen LogP contribution >= 0.6 is 11.3 Å². The van der Waals surface area contributed by atoms with Crippen molar-refractivity contribution in [1.82, 2.24) is 15.2 Å². The Hall–Kier alpha value is -0.450. The van der Waals surface area contributed by atoms with Crippen LogP contribution in [0.5, 0.6) is 0 Å². The molecule has 0 bridgehead atoms. The number of thiazole rings is 1. The third-order valence-corrected chi connectivity index (χ3v) is 5.49. The second-order valence-electron chi connectivity index (χ2n) is 6.67. The average molecular weight is 295 g/mol. The van der Waals surface area contributed by atoms with Gasteiger partial charge in [-0.2, -0.15) is 0 Å². The third-order valence-electron chi connectivity index (χ3n) is 4.67. The van der Waals surface area contributed by atoms with Crippen LogP contribution in [-0.2, 0) is 6.54 Å². The van der Waals surface area contributed by atoms with Gasteiger partial charge in [-0.05, 0) is 51.6 Å². The van der Waals surface area contributed by atoms with Gasteiger partial charge >= 0.3 is 0 Å². The lowest BCUT2D eigenvalue weighted by Crippen LogP contribution is -2.47. The van der Waals surface area contributed by atoms with Crippen LogP contribution in [0.3, 0.4) is 0 Å². The van der Waals surface area contributed by atoms with Crippen molar-refractivity contribution in [2.75, 3.05) is 20.6 Å². The van der Waals surface area contributed by atoms with Crippen molar-refractivity contribution < 1.29 is 0 Å². The minimum Gasteiger partial charge on any atom is -0.317 e. The summed E-state index contributed by atoms with van der Waals surface area (Å²) in [5.41, 5.74) is 1.22. The van der Waals surface area contributed by atoms with Gasteiger partial charge in [0.1, 0.15) is 0 Å². The number of aromatic nitrogens is 1. The Morgan fingerprint density at radius 3 is 2.75 bits per heavy atom. The smallest absolute Gasteiger partial charge is 0.0897 e. The monoisotopic (exact) mass is 295 g/mol. The Balaban J connectivity index is 1.92. The van der Waals surface area contributed by atoms with Crippen LogP contribution in [0, 0.1) is 24.7 Å². The molecule has 1 N–H and O–H groups in total. The Morgan fingerprint density at radius 2 is 2.15 bits per heavy atom. The van der Waals surface area contributed by atoms with Gasteiger partial charge in [0.2, 0.25) is 0 Å². The summed E-state index contributed by atoms with van der Waals surface area (Å²) in [6.45, 7) is 9.02. The first-order chi connectivity index (χ1) is 9.49. The molecular weight excluding hydrogens is 266 g/mol. The van der Waals surface area contributed by atoms with Crippen LogP contribution in [0.25, 0.3) is 0 Å². The fraction of sp³-hybridized carbons (Fsp3) is 0.812. The highest BCUT2D eigenvalue weighted by atomic mass is 32.1. The largest absolute Gasteiger partial charge is 0.317 e. The van der Waals surface area contributed by atoms with Crippen molar-refractivity contribution in [3.8, 4) is 0 Å². The van der Waals surface area contributed by atoms with Crippen LogP contribution in [0.15, 0.2) is 5.38 Å². The molecule has 0 aromatic carbocycles. The lowest BCUT2D eigenvalue weighted by Gasteiger charge is -2.41. The molecule has 0 amide bonds. The molecule has 0 aliphatic heterocycles. The number of hydrogen-bond acceptors (Lipinski definition) is 4. The first-order valence-corrected chi connectivity index (χ1v) is 8.64. The van der Waals surface area contributed by atoms with E-state index < -0.39 is 0 Å². The maximum atomic E-state index is 4.58. The first kappa shape index (κ1) is 15.9. The maximum Gasteiger partial charge on any atom is 0.0897 e. The molecule has 114 valence electrons. The Morgan fingerprint density at radius 1 is 1.40 bits per heavy atom. The molecule has 4 atom stereocenters. The van der Waals surface area contributed by atoms with Gasteiger partial charge in [-0.25, -0.2) is 4.98 Å². The van der Waals surface area contributed by atoms with Crippen LogP contribution in [0.4, 0.5) is 0 Å². The zero-order valence-corrected chi connectivity index (χ0v) is 14.3. The van der Waals surface area contributed by atoms with Gasteiger partial charge in [0.15, 0.2) is 0 Å². The number of nitrogens with one attached hydrogen (secondary N) is 1. The summed E-state index contributed by atoms with van der Waals surface area (Å²) in [6.07, 6.45) is 2.68. The topological polar surface area (TPSA) is 28.2 Å². The summed E-state index contributed by atoms with van der Waals surface area (Å²) in [7, 11) is 4.35. The Bertz CT molecular complexity index is 418. The van der Waals surface area contributed by atoms with E-state index in [4.69, 9.17) is 0 Å². The quantitative estimate of drug-likeness (QED) is 0.904. The summed E-state index contributed by atoms with van der Waals surface area (Å²) in [4.78, 5) is 7.02. The van der Waals surface area contributed by atoms with Crippen LogP contribution in [0.2, 0.25) is 0 Å². The van der Waals surface area contributed by atoms with E-state index in [9.17, 15) is 0 Å². The predicted molar refractivity (Wildman–Crippen MR) is 87.1 cm³/mol. The molecule has 1 fully saturated rings. The van der Waals surface area contributed by atoms with Crippen molar-refractivity contribution in [3.63, 3.8) is 0 Å². The normalized spacial score (nSPS) is 30.9. The van der Waals surface area contributed by atoms with Gasteiger partial charge in [-0.3, -0.25) is 0 Å². The fourth-order valence-corrected chi connectivity index (χ4v) is 4.34. The van der Waals surface area contributed by atoms with Gasteiger partial charge in [0.25, 0.3) is 0 Å². The number of hydrogen-bond donors (Lipinski definition) is 1.